The minimum Gasteiger partial charge on any atom is -0.507 e. The molecule has 1 saturated heterocycles. The van der Waals surface area contributed by atoms with E-state index < -0.39 is 6.10 Å². The predicted molar refractivity (Wildman–Crippen MR) is 84.4 cm³/mol. The molecule has 0 aliphatic carbocycles. The molecule has 0 aromatic heterocycles. The van der Waals surface area contributed by atoms with Crippen LogP contribution in [0, 0.1) is 0 Å². The highest BCUT2D eigenvalue weighted by Crippen LogP contribution is 2.23. The summed E-state index contributed by atoms with van der Waals surface area (Å²) in [6.07, 6.45) is -0.268. The van der Waals surface area contributed by atoms with Crippen molar-refractivity contribution in [1.82, 2.24) is 10.2 Å². The van der Waals surface area contributed by atoms with E-state index in [0.29, 0.717) is 24.2 Å². The van der Waals surface area contributed by atoms with Gasteiger partial charge in [-0.1, -0.05) is 17.3 Å². The molecule has 0 spiro atoms. The van der Waals surface area contributed by atoms with Gasteiger partial charge in [-0.25, -0.2) is 0 Å². The Morgan fingerprint density at radius 1 is 1.35 bits per heavy atom. The molecule has 0 saturated carbocycles. The Morgan fingerprint density at radius 2 is 2.13 bits per heavy atom. The molecular formula is C16H21N3O4. The first-order chi connectivity index (χ1) is 11.2. The molecule has 7 nitrogen and oxygen atoms in total. The molecule has 1 fully saturated rings. The number of amides is 1. The molecule has 1 unspecified atom stereocenters. The zero-order valence-corrected chi connectivity index (χ0v) is 12.9. The fourth-order valence-corrected chi connectivity index (χ4v) is 2.67. The van der Waals surface area contributed by atoms with E-state index in [-0.39, 0.29) is 11.7 Å². The lowest BCUT2D eigenvalue weighted by Crippen LogP contribution is -2.43. The number of para-hydroxylation sites is 1. The van der Waals surface area contributed by atoms with Gasteiger partial charge in [0.1, 0.15) is 5.75 Å². The van der Waals surface area contributed by atoms with Crippen molar-refractivity contribution in [1.29, 1.82) is 0 Å². The Hall–Kier alpha value is -2.12. The van der Waals surface area contributed by atoms with E-state index in [4.69, 9.17) is 9.57 Å². The molecule has 2 aliphatic rings. The first kappa shape index (κ1) is 15.8. The van der Waals surface area contributed by atoms with Gasteiger partial charge in [0.25, 0.3) is 5.91 Å². The van der Waals surface area contributed by atoms with Crippen molar-refractivity contribution in [2.75, 3.05) is 39.4 Å². The Labute approximate surface area is 134 Å². The minimum absolute atomic E-state index is 0.142. The zero-order chi connectivity index (χ0) is 16.1. The van der Waals surface area contributed by atoms with E-state index in [0.717, 1.165) is 32.8 Å². The average molecular weight is 319 g/mol. The van der Waals surface area contributed by atoms with Crippen LogP contribution in [0.2, 0.25) is 0 Å². The highest BCUT2D eigenvalue weighted by Gasteiger charge is 2.29. The molecule has 1 aromatic carbocycles. The van der Waals surface area contributed by atoms with Crippen molar-refractivity contribution < 1.29 is 19.5 Å². The summed E-state index contributed by atoms with van der Waals surface area (Å²) >= 11 is 0. The number of carbonyl (C=O) groups excluding carboxylic acids is 1. The zero-order valence-electron chi connectivity index (χ0n) is 12.9. The number of benzene rings is 1. The SMILES string of the molecule is O=C(NCCN1CCOCC1)C1CC(c2ccccc2O)=NO1. The Balaban J connectivity index is 1.44. The number of nitrogens with zero attached hydrogens (tertiary/aromatic N) is 2. The fraction of sp³-hybridized carbons (Fsp3) is 0.500. The van der Waals surface area contributed by atoms with Crippen LogP contribution >= 0.6 is 0 Å². The molecule has 0 radical (unpaired) electrons. The molecule has 2 N–H and O–H groups in total. The van der Waals surface area contributed by atoms with Gasteiger partial charge in [-0.2, -0.15) is 0 Å². The van der Waals surface area contributed by atoms with E-state index in [1.54, 1.807) is 18.2 Å². The summed E-state index contributed by atoms with van der Waals surface area (Å²) in [5.41, 5.74) is 1.20. The molecule has 124 valence electrons. The highest BCUT2D eigenvalue weighted by atomic mass is 16.6. The van der Waals surface area contributed by atoms with Crippen LogP contribution in [0.5, 0.6) is 5.75 Å². The Morgan fingerprint density at radius 3 is 2.91 bits per heavy atom. The lowest BCUT2D eigenvalue weighted by atomic mass is 10.0. The number of morpholine rings is 1. The second kappa shape index (κ2) is 7.43. The molecule has 1 atom stereocenters. The second-order valence-corrected chi connectivity index (χ2v) is 5.60. The smallest absolute Gasteiger partial charge is 0.264 e. The lowest BCUT2D eigenvalue weighted by molar-refractivity contribution is -0.131. The Bertz CT molecular complexity index is 584. The summed E-state index contributed by atoms with van der Waals surface area (Å²) in [7, 11) is 0. The van der Waals surface area contributed by atoms with Gasteiger partial charge in [-0.15, -0.1) is 0 Å². The van der Waals surface area contributed by atoms with Crippen molar-refractivity contribution in [2.45, 2.75) is 12.5 Å². The van der Waals surface area contributed by atoms with Crippen LogP contribution in [-0.4, -0.2) is 67.1 Å². The first-order valence-electron chi connectivity index (χ1n) is 7.83. The van der Waals surface area contributed by atoms with E-state index in [2.05, 4.69) is 15.4 Å². The summed E-state index contributed by atoms with van der Waals surface area (Å²) in [6, 6.07) is 6.90. The van der Waals surface area contributed by atoms with Crippen LogP contribution in [0.3, 0.4) is 0 Å². The monoisotopic (exact) mass is 319 g/mol. The molecule has 2 heterocycles. The van der Waals surface area contributed by atoms with Gasteiger partial charge in [0.15, 0.2) is 0 Å². The normalized spacial score (nSPS) is 21.6. The molecule has 23 heavy (non-hydrogen) atoms. The van der Waals surface area contributed by atoms with Crippen LogP contribution in [-0.2, 0) is 14.4 Å². The average Bonchev–Trinajstić information content (AvgIpc) is 3.06. The van der Waals surface area contributed by atoms with Crippen molar-refractivity contribution in [2.24, 2.45) is 5.16 Å². The molecule has 0 bridgehead atoms. The minimum atomic E-state index is -0.630. The van der Waals surface area contributed by atoms with Gasteiger partial charge < -0.3 is 20.0 Å². The number of rotatable bonds is 5. The maximum absolute atomic E-state index is 12.1. The van der Waals surface area contributed by atoms with Crippen molar-refractivity contribution in [3.05, 3.63) is 29.8 Å². The van der Waals surface area contributed by atoms with Gasteiger partial charge in [0.05, 0.1) is 18.9 Å². The second-order valence-electron chi connectivity index (χ2n) is 5.60. The van der Waals surface area contributed by atoms with Crippen LogP contribution in [0.4, 0.5) is 0 Å². The third-order valence-corrected chi connectivity index (χ3v) is 4.01. The molecule has 3 rings (SSSR count). The van der Waals surface area contributed by atoms with Gasteiger partial charge >= 0.3 is 0 Å². The molecule has 7 heteroatoms. The number of hydrogen-bond donors (Lipinski definition) is 2. The van der Waals surface area contributed by atoms with E-state index in [1.807, 2.05) is 6.07 Å². The third kappa shape index (κ3) is 4.00. The maximum atomic E-state index is 12.1. The summed E-state index contributed by atoms with van der Waals surface area (Å²) < 4.78 is 5.29. The van der Waals surface area contributed by atoms with Gasteiger partial charge in [-0.05, 0) is 12.1 Å². The van der Waals surface area contributed by atoms with E-state index in [1.165, 1.54) is 0 Å². The fourth-order valence-electron chi connectivity index (χ4n) is 2.67. The van der Waals surface area contributed by atoms with Gasteiger partial charge in [-0.3, -0.25) is 9.69 Å². The van der Waals surface area contributed by atoms with Gasteiger partial charge in [0.2, 0.25) is 6.10 Å². The number of carbonyl (C=O) groups is 1. The number of hydrogen-bond acceptors (Lipinski definition) is 6. The van der Waals surface area contributed by atoms with Crippen LogP contribution in [0.15, 0.2) is 29.4 Å². The van der Waals surface area contributed by atoms with Gasteiger partial charge in [0, 0.05) is 38.2 Å². The number of oxime groups is 1. The Kier molecular flexibility index (Phi) is 5.09. The van der Waals surface area contributed by atoms with Crippen molar-refractivity contribution in [3.8, 4) is 5.75 Å². The van der Waals surface area contributed by atoms with Crippen LogP contribution in [0.25, 0.3) is 0 Å². The van der Waals surface area contributed by atoms with Crippen LogP contribution in [0.1, 0.15) is 12.0 Å². The maximum Gasteiger partial charge on any atom is 0.264 e. The first-order valence-corrected chi connectivity index (χ1v) is 7.83. The summed E-state index contributed by atoms with van der Waals surface area (Å²) in [6.45, 7) is 4.67. The molecule has 1 aromatic rings. The number of phenols is 1. The van der Waals surface area contributed by atoms with E-state index >= 15 is 0 Å². The largest absolute Gasteiger partial charge is 0.507 e. The topological polar surface area (TPSA) is 83.4 Å². The van der Waals surface area contributed by atoms with Crippen LogP contribution < -0.4 is 5.32 Å². The summed E-state index contributed by atoms with van der Waals surface area (Å²) in [4.78, 5) is 19.6. The molecule has 1 amide bonds. The molecular weight excluding hydrogens is 298 g/mol. The quantitative estimate of drug-likeness (QED) is 0.817. The number of ether oxygens (including phenoxy) is 1. The third-order valence-electron chi connectivity index (χ3n) is 4.01. The van der Waals surface area contributed by atoms with E-state index in [9.17, 15) is 9.90 Å². The summed E-state index contributed by atoms with van der Waals surface area (Å²) in [5.74, 6) is -0.0318. The number of phenolic OH excluding ortho intramolecular Hbond substituents is 1. The lowest BCUT2D eigenvalue weighted by Gasteiger charge is -2.26. The highest BCUT2D eigenvalue weighted by molar-refractivity contribution is 6.05. The predicted octanol–water partition coefficient (Wildman–Crippen LogP) is 0.334. The van der Waals surface area contributed by atoms with Crippen molar-refractivity contribution >= 4 is 11.6 Å². The number of nitrogens with one attached hydrogen (secondary N) is 1. The van der Waals surface area contributed by atoms with Crippen molar-refractivity contribution in [3.63, 3.8) is 0 Å². The summed E-state index contributed by atoms with van der Waals surface area (Å²) in [5, 5.41) is 16.6. The molecule has 2 aliphatic heterocycles. The number of aromatic hydroxyl groups is 1. The standard InChI is InChI=1S/C16H21N3O4/c20-14-4-2-1-3-12(14)13-11-15(23-18-13)16(21)17-5-6-19-7-9-22-10-8-19/h1-4,15,20H,5-11H2,(H,17,21).